The first-order chi connectivity index (χ1) is 8.67. The smallest absolute Gasteiger partial charge is 0.215 e. The van der Waals surface area contributed by atoms with Crippen LogP contribution in [0.4, 0.5) is 0 Å². The monoisotopic (exact) mass is 304 g/mol. The van der Waals surface area contributed by atoms with Crippen molar-refractivity contribution in [3.05, 3.63) is 46.0 Å². The van der Waals surface area contributed by atoms with Crippen LogP contribution in [-0.2, 0) is 6.54 Å². The summed E-state index contributed by atoms with van der Waals surface area (Å²) in [6.07, 6.45) is 1.59. The molecule has 0 aliphatic rings. The SMILES string of the molecule is CCn1nc(C(=O)c2cccnc2Br)cc1C#N. The third-order valence-electron chi connectivity index (χ3n) is 2.43. The molecule has 6 heteroatoms. The summed E-state index contributed by atoms with van der Waals surface area (Å²) in [6, 6.07) is 6.84. The van der Waals surface area contributed by atoms with Gasteiger partial charge in [0, 0.05) is 18.8 Å². The molecule has 0 aliphatic carbocycles. The van der Waals surface area contributed by atoms with Crippen molar-refractivity contribution < 1.29 is 4.79 Å². The molecule has 90 valence electrons. The molecular weight excluding hydrogens is 296 g/mol. The van der Waals surface area contributed by atoms with Gasteiger partial charge in [0.1, 0.15) is 22.1 Å². The van der Waals surface area contributed by atoms with E-state index in [1.54, 1.807) is 18.3 Å². The molecule has 18 heavy (non-hydrogen) atoms. The molecule has 2 aromatic heterocycles. The van der Waals surface area contributed by atoms with Gasteiger partial charge in [-0.3, -0.25) is 9.48 Å². The Morgan fingerprint density at radius 2 is 2.39 bits per heavy atom. The van der Waals surface area contributed by atoms with Gasteiger partial charge in [0.15, 0.2) is 0 Å². The second-order valence-corrected chi connectivity index (χ2v) is 4.26. The van der Waals surface area contributed by atoms with Crippen molar-refractivity contribution in [2.24, 2.45) is 0 Å². The van der Waals surface area contributed by atoms with E-state index in [0.29, 0.717) is 22.4 Å². The summed E-state index contributed by atoms with van der Waals surface area (Å²) in [7, 11) is 0. The van der Waals surface area contributed by atoms with Gasteiger partial charge in [0.2, 0.25) is 5.78 Å². The zero-order chi connectivity index (χ0) is 13.1. The number of hydrogen-bond acceptors (Lipinski definition) is 4. The van der Waals surface area contributed by atoms with Crippen LogP contribution < -0.4 is 0 Å². The van der Waals surface area contributed by atoms with Crippen LogP contribution in [0.25, 0.3) is 0 Å². The number of ketones is 1. The predicted octanol–water partition coefficient (Wildman–Crippen LogP) is 2.16. The number of halogens is 1. The highest BCUT2D eigenvalue weighted by Crippen LogP contribution is 2.17. The van der Waals surface area contributed by atoms with Crippen LogP contribution in [0.1, 0.15) is 28.7 Å². The summed E-state index contributed by atoms with van der Waals surface area (Å²) in [5.74, 6) is -0.251. The van der Waals surface area contributed by atoms with Crippen LogP contribution in [0.3, 0.4) is 0 Å². The van der Waals surface area contributed by atoms with Crippen LogP contribution in [0.5, 0.6) is 0 Å². The predicted molar refractivity (Wildman–Crippen MR) is 68.0 cm³/mol. The van der Waals surface area contributed by atoms with Crippen molar-refractivity contribution in [3.8, 4) is 6.07 Å². The zero-order valence-corrected chi connectivity index (χ0v) is 11.2. The number of hydrogen-bond donors (Lipinski definition) is 0. The molecule has 0 N–H and O–H groups in total. The Hall–Kier alpha value is -2.00. The highest BCUT2D eigenvalue weighted by atomic mass is 79.9. The van der Waals surface area contributed by atoms with E-state index in [-0.39, 0.29) is 11.5 Å². The van der Waals surface area contributed by atoms with Crippen molar-refractivity contribution in [1.82, 2.24) is 14.8 Å². The average molecular weight is 305 g/mol. The molecular formula is C12H9BrN4O. The molecule has 2 aromatic rings. The van der Waals surface area contributed by atoms with Gasteiger partial charge in [-0.25, -0.2) is 4.98 Å². The highest BCUT2D eigenvalue weighted by molar-refractivity contribution is 9.10. The molecule has 0 bridgehead atoms. The Kier molecular flexibility index (Phi) is 3.53. The second-order valence-electron chi connectivity index (χ2n) is 3.51. The lowest BCUT2D eigenvalue weighted by Crippen LogP contribution is -2.06. The molecule has 0 aliphatic heterocycles. The fraction of sp³-hybridized carbons (Fsp3) is 0.167. The zero-order valence-electron chi connectivity index (χ0n) is 9.59. The Morgan fingerprint density at radius 1 is 1.61 bits per heavy atom. The highest BCUT2D eigenvalue weighted by Gasteiger charge is 2.18. The molecule has 5 nitrogen and oxygen atoms in total. The molecule has 0 amide bonds. The Labute approximate surface area is 112 Å². The Bertz CT molecular complexity index is 642. The number of nitrogens with zero attached hydrogens (tertiary/aromatic N) is 4. The number of aryl methyl sites for hydroxylation is 1. The number of nitriles is 1. The average Bonchev–Trinajstić information content (AvgIpc) is 2.81. The van der Waals surface area contributed by atoms with Crippen molar-refractivity contribution in [2.75, 3.05) is 0 Å². The minimum atomic E-state index is -0.251. The van der Waals surface area contributed by atoms with Gasteiger partial charge in [-0.1, -0.05) is 0 Å². The van der Waals surface area contributed by atoms with E-state index in [9.17, 15) is 4.79 Å². The van der Waals surface area contributed by atoms with Gasteiger partial charge in [-0.05, 0) is 35.0 Å². The standard InChI is InChI=1S/C12H9BrN4O/c1-2-17-8(7-14)6-10(16-17)11(18)9-4-3-5-15-12(9)13/h3-6H,2H2,1H3. The van der Waals surface area contributed by atoms with Gasteiger partial charge in [0.05, 0.1) is 5.56 Å². The fourth-order valence-electron chi connectivity index (χ4n) is 1.55. The molecule has 2 rings (SSSR count). The lowest BCUT2D eigenvalue weighted by Gasteiger charge is -1.99. The number of carbonyl (C=O) groups excluding carboxylic acids is 1. The van der Waals surface area contributed by atoms with Gasteiger partial charge >= 0.3 is 0 Å². The van der Waals surface area contributed by atoms with Crippen LogP contribution in [0.2, 0.25) is 0 Å². The van der Waals surface area contributed by atoms with E-state index in [1.165, 1.54) is 10.7 Å². The summed E-state index contributed by atoms with van der Waals surface area (Å²) in [5.41, 5.74) is 1.06. The normalized spacial score (nSPS) is 10.1. The first-order valence-electron chi connectivity index (χ1n) is 5.30. The maximum absolute atomic E-state index is 12.2. The third kappa shape index (κ3) is 2.17. The number of carbonyl (C=O) groups is 1. The third-order valence-corrected chi connectivity index (χ3v) is 3.06. The van der Waals surface area contributed by atoms with E-state index in [1.807, 2.05) is 13.0 Å². The van der Waals surface area contributed by atoms with E-state index in [4.69, 9.17) is 5.26 Å². The lowest BCUT2D eigenvalue weighted by molar-refractivity contribution is 0.103. The van der Waals surface area contributed by atoms with Gasteiger partial charge in [-0.2, -0.15) is 10.4 Å². The van der Waals surface area contributed by atoms with E-state index in [0.717, 1.165) is 0 Å². The molecule has 2 heterocycles. The minimum absolute atomic E-state index is 0.251. The van der Waals surface area contributed by atoms with Crippen LogP contribution in [0, 0.1) is 11.3 Å². The van der Waals surface area contributed by atoms with Crippen LogP contribution in [0.15, 0.2) is 29.0 Å². The largest absolute Gasteiger partial charge is 0.287 e. The topological polar surface area (TPSA) is 71.6 Å². The second kappa shape index (κ2) is 5.10. The van der Waals surface area contributed by atoms with Crippen LogP contribution >= 0.6 is 15.9 Å². The van der Waals surface area contributed by atoms with Crippen molar-refractivity contribution >= 4 is 21.7 Å². The lowest BCUT2D eigenvalue weighted by atomic mass is 10.1. The van der Waals surface area contributed by atoms with Gasteiger partial charge in [-0.15, -0.1) is 0 Å². The van der Waals surface area contributed by atoms with Crippen LogP contribution in [-0.4, -0.2) is 20.5 Å². The van der Waals surface area contributed by atoms with Crippen molar-refractivity contribution in [1.29, 1.82) is 5.26 Å². The molecule has 0 aromatic carbocycles. The molecule has 0 radical (unpaired) electrons. The Balaban J connectivity index is 2.44. The number of pyridine rings is 1. The minimum Gasteiger partial charge on any atom is -0.287 e. The first kappa shape index (κ1) is 12.5. The summed E-state index contributed by atoms with van der Waals surface area (Å²) in [5, 5.41) is 13.0. The van der Waals surface area contributed by atoms with Gasteiger partial charge in [0.25, 0.3) is 0 Å². The van der Waals surface area contributed by atoms with Crippen molar-refractivity contribution in [3.63, 3.8) is 0 Å². The maximum atomic E-state index is 12.2. The van der Waals surface area contributed by atoms with E-state index >= 15 is 0 Å². The molecule has 0 saturated heterocycles. The quantitative estimate of drug-likeness (QED) is 0.643. The number of rotatable bonds is 3. The summed E-state index contributed by atoms with van der Waals surface area (Å²) >= 11 is 3.22. The molecule has 0 fully saturated rings. The summed E-state index contributed by atoms with van der Waals surface area (Å²) < 4.78 is 1.97. The number of aromatic nitrogens is 3. The molecule has 0 spiro atoms. The summed E-state index contributed by atoms with van der Waals surface area (Å²) in [4.78, 5) is 16.2. The Morgan fingerprint density at radius 3 is 2.94 bits per heavy atom. The van der Waals surface area contributed by atoms with E-state index in [2.05, 4.69) is 26.0 Å². The van der Waals surface area contributed by atoms with Gasteiger partial charge < -0.3 is 0 Å². The summed E-state index contributed by atoms with van der Waals surface area (Å²) in [6.45, 7) is 2.41. The molecule has 0 atom stereocenters. The molecule has 0 saturated carbocycles. The first-order valence-corrected chi connectivity index (χ1v) is 6.09. The maximum Gasteiger partial charge on any atom is 0.215 e. The molecule has 0 unspecified atom stereocenters. The van der Waals surface area contributed by atoms with E-state index < -0.39 is 0 Å². The van der Waals surface area contributed by atoms with Crippen molar-refractivity contribution in [2.45, 2.75) is 13.5 Å². The fourth-order valence-corrected chi connectivity index (χ4v) is 1.98.